The first kappa shape index (κ1) is 29.3. The van der Waals surface area contributed by atoms with Gasteiger partial charge < -0.3 is 0 Å². The Morgan fingerprint density at radius 3 is 2.17 bits per heavy atom. The number of nitrogens with zero attached hydrogens (tertiary/aromatic N) is 1. The molecule has 1 atom stereocenters. The molecule has 0 amide bonds. The minimum absolute atomic E-state index is 0.0127. The van der Waals surface area contributed by atoms with Crippen LogP contribution in [0.3, 0.4) is 0 Å². The number of benzene rings is 3. The van der Waals surface area contributed by atoms with Crippen LogP contribution >= 0.6 is 0 Å². The van der Waals surface area contributed by atoms with Crippen molar-refractivity contribution in [3.63, 3.8) is 0 Å². The first-order chi connectivity index (χ1) is 19.8. The van der Waals surface area contributed by atoms with Gasteiger partial charge in [0.25, 0.3) is 0 Å². The molecule has 2 aliphatic carbocycles. The van der Waals surface area contributed by atoms with Crippen molar-refractivity contribution in [1.29, 1.82) is 5.26 Å². The quantitative estimate of drug-likeness (QED) is 0.249. The molecule has 0 saturated heterocycles. The van der Waals surface area contributed by atoms with Crippen LogP contribution in [0.2, 0.25) is 0 Å². The van der Waals surface area contributed by atoms with E-state index >= 15 is 8.78 Å². The average Bonchev–Trinajstić information content (AvgIpc) is 2.96. The number of rotatable bonds is 8. The van der Waals surface area contributed by atoms with Crippen molar-refractivity contribution in [3.05, 3.63) is 104 Å². The van der Waals surface area contributed by atoms with E-state index in [4.69, 9.17) is 5.26 Å². The summed E-state index contributed by atoms with van der Waals surface area (Å²) < 4.78 is 74.5. The summed E-state index contributed by atoms with van der Waals surface area (Å²) in [7, 11) is 0. The van der Waals surface area contributed by atoms with Gasteiger partial charge in [-0.15, -0.1) is 0 Å². The van der Waals surface area contributed by atoms with E-state index in [0.29, 0.717) is 74.5 Å². The van der Waals surface area contributed by atoms with E-state index < -0.39 is 29.1 Å². The van der Waals surface area contributed by atoms with E-state index in [9.17, 15) is 13.2 Å². The Labute approximate surface area is 239 Å². The third kappa shape index (κ3) is 6.35. The van der Waals surface area contributed by atoms with Crippen molar-refractivity contribution in [3.8, 4) is 6.07 Å². The molecule has 1 nitrogen and oxygen atoms in total. The molecule has 5 rings (SSSR count). The summed E-state index contributed by atoms with van der Waals surface area (Å²) in [6.45, 7) is 2.04. The molecule has 216 valence electrons. The molecule has 0 N–H and O–H groups in total. The van der Waals surface area contributed by atoms with E-state index in [1.165, 1.54) is 30.3 Å². The third-order valence-electron chi connectivity index (χ3n) is 9.30. The molecule has 1 unspecified atom stereocenters. The van der Waals surface area contributed by atoms with Gasteiger partial charge in [-0.25, -0.2) is 22.0 Å². The van der Waals surface area contributed by atoms with Gasteiger partial charge in [0, 0.05) is 11.1 Å². The molecule has 1 fully saturated rings. The van der Waals surface area contributed by atoms with Crippen LogP contribution in [0.5, 0.6) is 0 Å². The van der Waals surface area contributed by atoms with Crippen LogP contribution in [0.1, 0.15) is 109 Å². The van der Waals surface area contributed by atoms with Gasteiger partial charge >= 0.3 is 0 Å². The van der Waals surface area contributed by atoms with Gasteiger partial charge in [-0.3, -0.25) is 0 Å². The summed E-state index contributed by atoms with van der Waals surface area (Å²) in [5.74, 6) is -2.53. The Hall–Kier alpha value is -3.20. The maximum Gasteiger partial charge on any atom is 0.141 e. The number of halogens is 5. The van der Waals surface area contributed by atoms with Crippen molar-refractivity contribution in [2.24, 2.45) is 5.92 Å². The van der Waals surface area contributed by atoms with Gasteiger partial charge in [-0.1, -0.05) is 19.4 Å². The highest BCUT2D eigenvalue weighted by Crippen LogP contribution is 2.44. The van der Waals surface area contributed by atoms with E-state index in [2.05, 4.69) is 0 Å². The van der Waals surface area contributed by atoms with E-state index in [0.717, 1.165) is 18.4 Å². The number of nitriles is 1. The molecule has 0 radical (unpaired) electrons. The lowest BCUT2D eigenvalue weighted by molar-refractivity contribution is 0.368. The predicted octanol–water partition coefficient (Wildman–Crippen LogP) is 9.78. The second kappa shape index (κ2) is 12.8. The number of fused-ring (bicyclic) bond motifs is 1. The fraction of sp³-hybridized carbons (Fsp3) is 0.457. The van der Waals surface area contributed by atoms with Gasteiger partial charge in [-0.05, 0) is 141 Å². The zero-order valence-electron chi connectivity index (χ0n) is 23.5. The zero-order chi connectivity index (χ0) is 29.1. The summed E-state index contributed by atoms with van der Waals surface area (Å²) in [6, 6.07) is 10.9. The molecule has 0 aromatic heterocycles. The van der Waals surface area contributed by atoms with Crippen LogP contribution in [0.25, 0.3) is 0 Å². The van der Waals surface area contributed by atoms with Gasteiger partial charge in [0.1, 0.15) is 35.2 Å². The van der Waals surface area contributed by atoms with Gasteiger partial charge in [0.05, 0.1) is 5.56 Å². The lowest BCUT2D eigenvalue weighted by atomic mass is 9.74. The van der Waals surface area contributed by atoms with Crippen LogP contribution in [0.4, 0.5) is 22.0 Å². The maximum absolute atomic E-state index is 15.7. The van der Waals surface area contributed by atoms with Gasteiger partial charge in [0.15, 0.2) is 0 Å². The Morgan fingerprint density at radius 1 is 0.805 bits per heavy atom. The first-order valence-electron chi connectivity index (χ1n) is 14.9. The molecule has 3 aromatic carbocycles. The summed E-state index contributed by atoms with van der Waals surface area (Å²) in [5, 5.41) is 8.97. The lowest BCUT2D eigenvalue weighted by Gasteiger charge is -2.32. The first-order valence-corrected chi connectivity index (χ1v) is 14.9. The van der Waals surface area contributed by atoms with Crippen LogP contribution in [-0.2, 0) is 25.7 Å². The molecule has 2 aliphatic rings. The number of hydrogen-bond donors (Lipinski definition) is 0. The largest absolute Gasteiger partial charge is 0.207 e. The Morgan fingerprint density at radius 2 is 1.51 bits per heavy atom. The molecule has 0 heterocycles. The molecule has 3 aromatic rings. The summed E-state index contributed by atoms with van der Waals surface area (Å²) in [5.41, 5.74) is 3.02. The molecule has 0 aliphatic heterocycles. The Balaban J connectivity index is 1.23. The van der Waals surface area contributed by atoms with Crippen molar-refractivity contribution in [2.45, 2.75) is 95.8 Å². The standard InChI is InChI=1S/C35H36F5N/c1-2-3-4-22-16-31(37)29(32(38)17-22)14-6-21-5-13-28-27(15-21)19-33(39)34(35(28)40)24-9-7-23(8-10-24)25-11-12-26(20-41)30(36)18-25/h11-12,16-19,21,23-24H,2-10,13-15H2,1H3. The Bertz CT molecular complexity index is 1420. The van der Waals surface area contributed by atoms with E-state index in [-0.39, 0.29) is 40.9 Å². The second-order valence-electron chi connectivity index (χ2n) is 11.9. The minimum Gasteiger partial charge on any atom is -0.207 e. The highest BCUT2D eigenvalue weighted by molar-refractivity contribution is 5.40. The van der Waals surface area contributed by atoms with Crippen molar-refractivity contribution in [1.82, 2.24) is 0 Å². The predicted molar refractivity (Wildman–Crippen MR) is 150 cm³/mol. The molecule has 1 saturated carbocycles. The molecular formula is C35H36F5N. The molecule has 0 spiro atoms. The number of aryl methyl sites for hydroxylation is 1. The molecule has 41 heavy (non-hydrogen) atoms. The number of unbranched alkanes of at least 4 members (excludes halogenated alkanes) is 1. The van der Waals surface area contributed by atoms with Gasteiger partial charge in [0.2, 0.25) is 0 Å². The van der Waals surface area contributed by atoms with Gasteiger partial charge in [-0.2, -0.15) is 5.26 Å². The highest BCUT2D eigenvalue weighted by atomic mass is 19.1. The smallest absolute Gasteiger partial charge is 0.141 e. The second-order valence-corrected chi connectivity index (χ2v) is 11.9. The fourth-order valence-corrected chi connectivity index (χ4v) is 6.92. The SMILES string of the molecule is CCCCc1cc(F)c(CCC2CCc3c(cc(F)c(C4CCC(c5ccc(C#N)c(F)c5)CC4)c3F)C2)c(F)c1. The zero-order valence-corrected chi connectivity index (χ0v) is 23.5. The van der Waals surface area contributed by atoms with Crippen LogP contribution in [0, 0.1) is 46.3 Å². The summed E-state index contributed by atoms with van der Waals surface area (Å²) >= 11 is 0. The van der Waals surface area contributed by atoms with Crippen molar-refractivity contribution < 1.29 is 22.0 Å². The van der Waals surface area contributed by atoms with Crippen molar-refractivity contribution >= 4 is 0 Å². The Kier molecular flexibility index (Phi) is 9.12. The fourth-order valence-electron chi connectivity index (χ4n) is 6.92. The number of hydrogen-bond acceptors (Lipinski definition) is 1. The summed E-state index contributed by atoms with van der Waals surface area (Å²) in [6.07, 6.45) is 7.61. The van der Waals surface area contributed by atoms with E-state index in [1.807, 2.05) is 13.0 Å². The van der Waals surface area contributed by atoms with Crippen LogP contribution in [0.15, 0.2) is 36.4 Å². The molecular weight excluding hydrogens is 529 g/mol. The monoisotopic (exact) mass is 565 g/mol. The molecule has 6 heteroatoms. The van der Waals surface area contributed by atoms with Crippen LogP contribution < -0.4 is 0 Å². The third-order valence-corrected chi connectivity index (χ3v) is 9.30. The van der Waals surface area contributed by atoms with E-state index in [1.54, 1.807) is 6.07 Å². The molecule has 0 bridgehead atoms. The lowest BCUT2D eigenvalue weighted by Crippen LogP contribution is -2.21. The summed E-state index contributed by atoms with van der Waals surface area (Å²) in [4.78, 5) is 0. The highest BCUT2D eigenvalue weighted by Gasteiger charge is 2.32. The minimum atomic E-state index is -0.534. The maximum atomic E-state index is 15.7. The average molecular weight is 566 g/mol. The van der Waals surface area contributed by atoms with Crippen LogP contribution in [-0.4, -0.2) is 0 Å². The van der Waals surface area contributed by atoms with Crippen molar-refractivity contribution in [2.75, 3.05) is 0 Å². The topological polar surface area (TPSA) is 23.8 Å². The normalized spacial score (nSPS) is 20.5.